The zero-order valence-electron chi connectivity index (χ0n) is 5.23. The van der Waals surface area contributed by atoms with E-state index in [9.17, 15) is 0 Å². The van der Waals surface area contributed by atoms with Crippen LogP contribution in [0, 0.1) is 6.08 Å². The standard InChI is InChI=1S/C6H5/c1-2-4-6-5-3-1/h1-5H/q+1/i2D,5D. The summed E-state index contributed by atoms with van der Waals surface area (Å²) in [6, 6.07) is 0.738. The third-order valence-corrected chi connectivity index (χ3v) is 0.502. The van der Waals surface area contributed by atoms with Gasteiger partial charge in [0.2, 0.25) is 0 Å². The van der Waals surface area contributed by atoms with Gasteiger partial charge in [-0.1, -0.05) is 0 Å². The molecule has 0 bridgehead atoms. The minimum absolute atomic E-state index is 0.334. The van der Waals surface area contributed by atoms with Crippen molar-refractivity contribution in [3.05, 3.63) is 36.4 Å². The molecule has 0 N–H and O–H groups in total. The van der Waals surface area contributed by atoms with Crippen molar-refractivity contribution in [3.63, 3.8) is 0 Å². The fourth-order valence-corrected chi connectivity index (χ4v) is 0.269. The summed E-state index contributed by atoms with van der Waals surface area (Å²) in [5.74, 6) is 0. The van der Waals surface area contributed by atoms with Gasteiger partial charge in [0.1, 0.15) is 13.5 Å². The van der Waals surface area contributed by atoms with Gasteiger partial charge in [-0.25, -0.2) is 0 Å². The molecular formula is C6H5+. The molecule has 0 amide bonds. The van der Waals surface area contributed by atoms with Crippen molar-refractivity contribution in [2.45, 2.75) is 0 Å². The summed E-state index contributed by atoms with van der Waals surface area (Å²) < 4.78 is 13.9. The Kier molecular flexibility index (Phi) is 0.441. The second-order valence-corrected chi connectivity index (χ2v) is 0.933. The van der Waals surface area contributed by atoms with E-state index in [2.05, 4.69) is 6.08 Å². The first kappa shape index (κ1) is 1.72. The van der Waals surface area contributed by atoms with Crippen LogP contribution in [0.5, 0.6) is 0 Å². The van der Waals surface area contributed by atoms with E-state index >= 15 is 0 Å². The maximum Gasteiger partial charge on any atom is 0.153 e. The van der Waals surface area contributed by atoms with E-state index < -0.39 is 0 Å². The van der Waals surface area contributed by atoms with Crippen LogP contribution in [-0.2, 0) is 0 Å². The summed E-state index contributed by atoms with van der Waals surface area (Å²) in [7, 11) is 0. The van der Waals surface area contributed by atoms with E-state index in [0.717, 1.165) is 0 Å². The van der Waals surface area contributed by atoms with Gasteiger partial charge in [-0.15, -0.1) is 0 Å². The Hall–Kier alpha value is -0.870. The van der Waals surface area contributed by atoms with Crippen LogP contribution in [0.25, 0.3) is 0 Å². The third-order valence-electron chi connectivity index (χ3n) is 0.502. The van der Waals surface area contributed by atoms with Crippen molar-refractivity contribution in [2.75, 3.05) is 0 Å². The molecule has 1 aliphatic rings. The first-order valence-electron chi connectivity index (χ1n) is 2.74. The maximum atomic E-state index is 6.98. The fraction of sp³-hybridized carbons (Fsp3) is 0. The lowest BCUT2D eigenvalue weighted by Crippen LogP contribution is -1.56. The first-order chi connectivity index (χ1) is 3.79. The van der Waals surface area contributed by atoms with Gasteiger partial charge in [-0.2, -0.15) is 0 Å². The summed E-state index contributed by atoms with van der Waals surface area (Å²) in [4.78, 5) is 0. The zero-order valence-corrected chi connectivity index (χ0v) is 3.23. The van der Waals surface area contributed by atoms with Gasteiger partial charge in [0.05, 0.1) is 0 Å². The van der Waals surface area contributed by atoms with Crippen LogP contribution in [0.4, 0.5) is 0 Å². The molecule has 0 saturated carbocycles. The monoisotopic (exact) mass is 79.1 g/mol. The van der Waals surface area contributed by atoms with Gasteiger partial charge in [0.25, 0.3) is 0 Å². The quantitative estimate of drug-likeness (QED) is 0.386. The average Bonchev–Trinajstić information content (AvgIpc) is 1.77. The Morgan fingerprint density at radius 3 is 3.00 bits per heavy atom. The highest BCUT2D eigenvalue weighted by Gasteiger charge is 1.78. The molecule has 0 spiro atoms. The van der Waals surface area contributed by atoms with E-state index in [1.54, 1.807) is 12.2 Å². The Bertz CT molecular complexity index is 155. The highest BCUT2D eigenvalue weighted by atomic mass is 13.7. The molecule has 0 nitrogen and oxygen atoms in total. The number of hydrogen-bond donors (Lipinski definition) is 0. The lowest BCUT2D eigenvalue weighted by Gasteiger charge is -1.64. The lowest BCUT2D eigenvalue weighted by molar-refractivity contribution is 1.75. The Balaban J connectivity index is 2.86. The summed E-state index contributed by atoms with van der Waals surface area (Å²) in [5.41, 5.74) is 0. The Morgan fingerprint density at radius 2 is 2.50 bits per heavy atom. The van der Waals surface area contributed by atoms with Gasteiger partial charge >= 0.3 is 0 Å². The van der Waals surface area contributed by atoms with E-state index in [1.165, 1.54) is 6.08 Å². The molecular weight excluding hydrogens is 72.1 g/mol. The predicted octanol–water partition coefficient (Wildman–Crippen LogP) is 1.47. The van der Waals surface area contributed by atoms with E-state index in [4.69, 9.17) is 2.74 Å². The number of rotatable bonds is 0. The normalized spacial score (nSPS) is 22.7. The van der Waals surface area contributed by atoms with E-state index in [0.29, 0.717) is 12.1 Å². The summed E-state index contributed by atoms with van der Waals surface area (Å²) in [6.45, 7) is 0. The Morgan fingerprint density at radius 1 is 1.50 bits per heavy atom. The molecule has 0 heterocycles. The molecule has 6 heavy (non-hydrogen) atoms. The molecule has 0 saturated heterocycles. The molecule has 0 aliphatic heterocycles. The minimum atomic E-state index is 0.334. The third kappa shape index (κ3) is 0.540. The van der Waals surface area contributed by atoms with Gasteiger partial charge in [0.15, 0.2) is 1.37 Å². The second-order valence-electron chi connectivity index (χ2n) is 0.933. The molecule has 1 rings (SSSR count). The number of hydrogen-bond acceptors (Lipinski definition) is 0. The van der Waals surface area contributed by atoms with Crippen molar-refractivity contribution < 1.29 is 2.74 Å². The molecule has 0 fully saturated rings. The molecule has 1 aliphatic carbocycles. The molecule has 0 radical (unpaired) electrons. The molecule has 0 aromatic rings. The largest absolute Gasteiger partial charge is 0.153 e. The van der Waals surface area contributed by atoms with Gasteiger partial charge in [0, 0.05) is 24.3 Å². The van der Waals surface area contributed by atoms with Crippen molar-refractivity contribution in [2.24, 2.45) is 0 Å². The second kappa shape index (κ2) is 1.54. The van der Waals surface area contributed by atoms with Crippen molar-refractivity contribution >= 4 is 0 Å². The van der Waals surface area contributed by atoms with Crippen molar-refractivity contribution in [1.29, 1.82) is 0 Å². The zero-order chi connectivity index (χ0) is 5.98. The lowest BCUT2D eigenvalue weighted by atomic mass is 10.3. The summed E-state index contributed by atoms with van der Waals surface area (Å²) >= 11 is 0. The van der Waals surface area contributed by atoms with Crippen LogP contribution in [-0.4, -0.2) is 0 Å². The number of allylic oxidation sites excluding steroid dienone is 6. The molecule has 0 atom stereocenters. The average molecular weight is 79.1 g/mol. The Labute approximate surface area is 40.3 Å². The maximum absolute atomic E-state index is 6.98. The molecule has 0 aromatic carbocycles. The van der Waals surface area contributed by atoms with Crippen LogP contribution >= 0.6 is 0 Å². The molecule has 28 valence electrons. The summed E-state index contributed by atoms with van der Waals surface area (Å²) in [5, 5.41) is 0. The van der Waals surface area contributed by atoms with Gasteiger partial charge < -0.3 is 0 Å². The van der Waals surface area contributed by atoms with Gasteiger partial charge in [-0.05, 0) is 0 Å². The smallest absolute Gasteiger partial charge is 0.0395 e. The van der Waals surface area contributed by atoms with Crippen LogP contribution in [0.2, 0.25) is 0 Å². The first-order valence-corrected chi connectivity index (χ1v) is 1.74. The van der Waals surface area contributed by atoms with E-state index in [1.807, 2.05) is 0 Å². The summed E-state index contributed by atoms with van der Waals surface area (Å²) in [6.07, 6.45) is 7.17. The van der Waals surface area contributed by atoms with E-state index in [-0.39, 0.29) is 0 Å². The molecule has 0 unspecified atom stereocenters. The SMILES string of the molecule is [2H]C1=CC=C([2H])C=[C+]1. The molecule has 0 aromatic heterocycles. The highest BCUT2D eigenvalue weighted by molar-refractivity contribution is 5.18. The van der Waals surface area contributed by atoms with Crippen LogP contribution in [0.3, 0.4) is 0 Å². The fourth-order valence-electron chi connectivity index (χ4n) is 0.269. The van der Waals surface area contributed by atoms with Crippen LogP contribution in [0.1, 0.15) is 2.74 Å². The molecule has 0 heteroatoms. The highest BCUT2D eigenvalue weighted by Crippen LogP contribution is 1.85. The van der Waals surface area contributed by atoms with Crippen molar-refractivity contribution in [3.8, 4) is 0 Å². The predicted molar refractivity (Wildman–Crippen MR) is 26.1 cm³/mol. The van der Waals surface area contributed by atoms with Gasteiger partial charge in [-0.3, -0.25) is 0 Å². The van der Waals surface area contributed by atoms with Crippen LogP contribution < -0.4 is 0 Å². The topological polar surface area (TPSA) is 0 Å². The van der Waals surface area contributed by atoms with Crippen LogP contribution in [0.15, 0.2) is 30.3 Å². The minimum Gasteiger partial charge on any atom is 0.0395 e. The van der Waals surface area contributed by atoms with Crippen molar-refractivity contribution in [1.82, 2.24) is 0 Å².